The summed E-state index contributed by atoms with van der Waals surface area (Å²) in [5.74, 6) is 0. The molecule has 1 unspecified atom stereocenters. The number of hydrogen-bond acceptors (Lipinski definition) is 6. The highest BCUT2D eigenvalue weighted by Gasteiger charge is 2.26. The Morgan fingerprint density at radius 2 is 2.12 bits per heavy atom. The maximum absolute atomic E-state index is 12.3. The molecule has 0 fully saturated rings. The first kappa shape index (κ1) is 16.1. The van der Waals surface area contributed by atoms with Crippen molar-refractivity contribution < 1.29 is 0 Å². The van der Waals surface area contributed by atoms with E-state index in [4.69, 9.17) is 0 Å². The molecule has 0 saturated heterocycles. The van der Waals surface area contributed by atoms with E-state index < -0.39 is 0 Å². The molecule has 2 aromatic heterocycles. The largest absolute Gasteiger partial charge is 0.372 e. The Kier molecular flexibility index (Phi) is 3.95. The number of rotatable bonds is 2. The summed E-state index contributed by atoms with van der Waals surface area (Å²) in [6.07, 6.45) is 0.747. The standard InChI is InChI=1S/C18H21N5OS/c1-4-14-9-16(24)23-17(19-14)25-18(20-23)22-11-13-7-5-6-8-15(13)21(3)10-12(22)2/h5-9,12H,4,10-11H2,1-3H3. The molecule has 0 aliphatic carbocycles. The number of aryl methyl sites for hydroxylation is 1. The van der Waals surface area contributed by atoms with Gasteiger partial charge >= 0.3 is 0 Å². The number of likely N-dealkylation sites (N-methyl/N-ethyl adjacent to an activating group) is 1. The molecular formula is C18H21N5OS. The Hall–Kier alpha value is -2.41. The van der Waals surface area contributed by atoms with Crippen molar-refractivity contribution in [3.63, 3.8) is 0 Å². The fourth-order valence-electron chi connectivity index (χ4n) is 3.35. The second kappa shape index (κ2) is 6.15. The van der Waals surface area contributed by atoms with Gasteiger partial charge in [-0.25, -0.2) is 4.98 Å². The maximum Gasteiger partial charge on any atom is 0.275 e. The summed E-state index contributed by atoms with van der Waals surface area (Å²) in [6, 6.07) is 10.3. The highest BCUT2D eigenvalue weighted by molar-refractivity contribution is 7.20. The van der Waals surface area contributed by atoms with E-state index >= 15 is 0 Å². The van der Waals surface area contributed by atoms with E-state index in [-0.39, 0.29) is 11.6 Å². The maximum atomic E-state index is 12.3. The zero-order chi connectivity index (χ0) is 17.6. The number of benzene rings is 1. The minimum absolute atomic E-state index is 0.107. The van der Waals surface area contributed by atoms with Crippen molar-refractivity contribution in [2.45, 2.75) is 32.9 Å². The zero-order valence-electron chi connectivity index (χ0n) is 14.6. The quantitative estimate of drug-likeness (QED) is 0.707. The van der Waals surface area contributed by atoms with Crippen LogP contribution in [0.25, 0.3) is 4.96 Å². The van der Waals surface area contributed by atoms with Gasteiger partial charge in [0.25, 0.3) is 5.56 Å². The summed E-state index contributed by atoms with van der Waals surface area (Å²) in [5, 5.41) is 5.41. The van der Waals surface area contributed by atoms with Gasteiger partial charge in [0.2, 0.25) is 10.1 Å². The third-order valence-corrected chi connectivity index (χ3v) is 5.65. The number of anilines is 2. The lowest BCUT2D eigenvalue weighted by molar-refractivity contribution is 0.636. The van der Waals surface area contributed by atoms with Crippen LogP contribution in [0.2, 0.25) is 0 Å². The highest BCUT2D eigenvalue weighted by Crippen LogP contribution is 2.31. The van der Waals surface area contributed by atoms with Gasteiger partial charge in [-0.3, -0.25) is 4.79 Å². The van der Waals surface area contributed by atoms with Gasteiger partial charge in [0.05, 0.1) is 0 Å². The molecule has 1 aliphatic heterocycles. The van der Waals surface area contributed by atoms with Gasteiger partial charge in [-0.2, -0.15) is 4.52 Å². The molecule has 6 nitrogen and oxygen atoms in total. The monoisotopic (exact) mass is 355 g/mol. The van der Waals surface area contributed by atoms with Gasteiger partial charge in [-0.1, -0.05) is 36.5 Å². The first-order chi connectivity index (χ1) is 12.1. The Bertz CT molecular complexity index is 979. The minimum Gasteiger partial charge on any atom is -0.372 e. The van der Waals surface area contributed by atoms with Crippen LogP contribution in [0.3, 0.4) is 0 Å². The van der Waals surface area contributed by atoms with Crippen LogP contribution >= 0.6 is 11.3 Å². The topological polar surface area (TPSA) is 53.7 Å². The van der Waals surface area contributed by atoms with Gasteiger partial charge in [-0.15, -0.1) is 5.10 Å². The van der Waals surface area contributed by atoms with Gasteiger partial charge in [0.1, 0.15) is 0 Å². The lowest BCUT2D eigenvalue weighted by Crippen LogP contribution is -2.38. The van der Waals surface area contributed by atoms with E-state index in [1.165, 1.54) is 27.1 Å². The molecular weight excluding hydrogens is 334 g/mol. The molecule has 7 heteroatoms. The molecule has 4 rings (SSSR count). The van der Waals surface area contributed by atoms with Crippen LogP contribution in [-0.2, 0) is 13.0 Å². The third-order valence-electron chi connectivity index (χ3n) is 4.71. The van der Waals surface area contributed by atoms with Crippen molar-refractivity contribution in [3.8, 4) is 0 Å². The molecule has 25 heavy (non-hydrogen) atoms. The fraction of sp³-hybridized carbons (Fsp3) is 0.389. The smallest absolute Gasteiger partial charge is 0.275 e. The van der Waals surface area contributed by atoms with Crippen LogP contribution in [0.15, 0.2) is 35.1 Å². The predicted octanol–water partition coefficient (Wildman–Crippen LogP) is 2.56. The Labute approximate surface area is 150 Å². The molecule has 0 spiro atoms. The average molecular weight is 355 g/mol. The van der Waals surface area contributed by atoms with E-state index in [0.29, 0.717) is 4.96 Å². The van der Waals surface area contributed by atoms with Crippen LogP contribution < -0.4 is 15.4 Å². The minimum atomic E-state index is -0.107. The summed E-state index contributed by atoms with van der Waals surface area (Å²) in [7, 11) is 2.12. The van der Waals surface area contributed by atoms with E-state index in [2.05, 4.69) is 58.1 Å². The molecule has 0 N–H and O–H groups in total. The number of para-hydroxylation sites is 1. The molecule has 3 aromatic rings. The van der Waals surface area contributed by atoms with Gasteiger partial charge in [-0.05, 0) is 25.0 Å². The van der Waals surface area contributed by atoms with E-state index in [0.717, 1.165) is 30.3 Å². The van der Waals surface area contributed by atoms with E-state index in [9.17, 15) is 4.79 Å². The van der Waals surface area contributed by atoms with Crippen LogP contribution in [-0.4, -0.2) is 34.2 Å². The van der Waals surface area contributed by atoms with Crippen LogP contribution in [0, 0.1) is 0 Å². The second-order valence-electron chi connectivity index (χ2n) is 6.50. The molecule has 0 bridgehead atoms. The zero-order valence-corrected chi connectivity index (χ0v) is 15.5. The van der Waals surface area contributed by atoms with Crippen LogP contribution in [0.4, 0.5) is 10.8 Å². The number of nitrogens with zero attached hydrogens (tertiary/aromatic N) is 5. The third kappa shape index (κ3) is 2.78. The van der Waals surface area contributed by atoms with E-state index in [1.807, 2.05) is 6.92 Å². The van der Waals surface area contributed by atoms with Crippen molar-refractivity contribution in [1.29, 1.82) is 0 Å². The van der Waals surface area contributed by atoms with Crippen molar-refractivity contribution in [2.24, 2.45) is 0 Å². The Morgan fingerprint density at radius 3 is 2.92 bits per heavy atom. The van der Waals surface area contributed by atoms with Crippen LogP contribution in [0.5, 0.6) is 0 Å². The summed E-state index contributed by atoms with van der Waals surface area (Å²) in [4.78, 5) is 22.1. The van der Waals surface area contributed by atoms with Crippen molar-refractivity contribution in [3.05, 3.63) is 51.9 Å². The fourth-order valence-corrected chi connectivity index (χ4v) is 4.38. The average Bonchev–Trinajstić information content (AvgIpc) is 2.98. The second-order valence-corrected chi connectivity index (χ2v) is 7.44. The predicted molar refractivity (Wildman–Crippen MR) is 102 cm³/mol. The summed E-state index contributed by atoms with van der Waals surface area (Å²) in [5.41, 5.74) is 3.23. The van der Waals surface area contributed by atoms with Gasteiger partial charge in [0.15, 0.2) is 0 Å². The molecule has 0 amide bonds. The SMILES string of the molecule is CCc1cc(=O)n2nc(N3Cc4ccccc4N(C)CC3C)sc2n1. The van der Waals surface area contributed by atoms with E-state index in [1.54, 1.807) is 6.07 Å². The molecule has 1 aromatic carbocycles. The molecule has 3 heterocycles. The Balaban J connectivity index is 1.79. The van der Waals surface area contributed by atoms with Crippen molar-refractivity contribution in [1.82, 2.24) is 14.6 Å². The lowest BCUT2D eigenvalue weighted by Gasteiger charge is -2.27. The summed E-state index contributed by atoms with van der Waals surface area (Å²) < 4.78 is 1.42. The normalized spacial score (nSPS) is 17.6. The molecule has 130 valence electrons. The summed E-state index contributed by atoms with van der Waals surface area (Å²) in [6.45, 7) is 5.87. The number of hydrogen-bond donors (Lipinski definition) is 0. The van der Waals surface area contributed by atoms with Crippen molar-refractivity contribution >= 4 is 27.1 Å². The van der Waals surface area contributed by atoms with Gasteiger partial charge < -0.3 is 9.80 Å². The summed E-state index contributed by atoms with van der Waals surface area (Å²) >= 11 is 1.48. The number of fused-ring (bicyclic) bond motifs is 2. The molecule has 0 saturated carbocycles. The highest BCUT2D eigenvalue weighted by atomic mass is 32.1. The number of aromatic nitrogens is 3. The first-order valence-electron chi connectivity index (χ1n) is 8.52. The first-order valence-corrected chi connectivity index (χ1v) is 9.34. The lowest BCUT2D eigenvalue weighted by atomic mass is 10.1. The van der Waals surface area contributed by atoms with Gasteiger partial charge in [0, 0.05) is 43.6 Å². The molecule has 1 atom stereocenters. The molecule has 0 radical (unpaired) electrons. The molecule has 1 aliphatic rings. The Morgan fingerprint density at radius 1 is 1.32 bits per heavy atom. The van der Waals surface area contributed by atoms with Crippen LogP contribution in [0.1, 0.15) is 25.1 Å². The van der Waals surface area contributed by atoms with Crippen molar-refractivity contribution in [2.75, 3.05) is 23.4 Å².